The molecular weight excluding hydrogens is 460 g/mol. The number of methoxy groups -OCH3 is 1. The highest BCUT2D eigenvalue weighted by atomic mass is 16.5. The van der Waals surface area contributed by atoms with Gasteiger partial charge in [0.15, 0.2) is 17.6 Å². The molecule has 186 valence electrons. The van der Waals surface area contributed by atoms with Crippen LogP contribution in [0.2, 0.25) is 0 Å². The first-order chi connectivity index (χ1) is 16.6. The Kier molecular flexibility index (Phi) is 7.89. The number of carboxylic acids is 1. The third-order valence-corrected chi connectivity index (χ3v) is 5.39. The number of carbonyl (C=O) groups excluding carboxylic acids is 3. The Morgan fingerprint density at radius 2 is 1.80 bits per heavy atom. The normalized spacial score (nSPS) is 21.6. The summed E-state index contributed by atoms with van der Waals surface area (Å²) >= 11 is 0. The molecule has 0 saturated carbocycles. The van der Waals surface area contributed by atoms with Gasteiger partial charge in [-0.15, -0.1) is 0 Å². The van der Waals surface area contributed by atoms with E-state index in [-0.39, 0.29) is 12.8 Å². The van der Waals surface area contributed by atoms with Gasteiger partial charge in [-0.2, -0.15) is 0 Å². The third-order valence-electron chi connectivity index (χ3n) is 5.39. The lowest BCUT2D eigenvalue weighted by Gasteiger charge is -2.25. The van der Waals surface area contributed by atoms with Gasteiger partial charge in [0.25, 0.3) is 0 Å². The third kappa shape index (κ3) is 6.25. The fourth-order valence-corrected chi connectivity index (χ4v) is 3.55. The van der Waals surface area contributed by atoms with Crippen LogP contribution in [0.15, 0.2) is 42.5 Å². The SMILES string of the molecule is COc1ccc2cc1Oc1cccc(c1)C[C@@H](C(=O)O)NC(=O)[C@H]([C@@H](O)C(N)=O)NC(=O)[C@@H](N)C2. The molecule has 0 fully saturated rings. The van der Waals surface area contributed by atoms with E-state index in [2.05, 4.69) is 10.6 Å². The minimum absolute atomic E-state index is 0.00494. The molecule has 35 heavy (non-hydrogen) atoms. The first-order valence-corrected chi connectivity index (χ1v) is 10.6. The molecule has 1 aliphatic rings. The molecule has 12 heteroatoms. The fourth-order valence-electron chi connectivity index (χ4n) is 3.55. The van der Waals surface area contributed by atoms with Gasteiger partial charge in [-0.05, 0) is 41.8 Å². The molecule has 0 unspecified atom stereocenters. The molecule has 0 aliphatic carbocycles. The van der Waals surface area contributed by atoms with Crippen molar-refractivity contribution < 1.29 is 38.9 Å². The second-order valence-electron chi connectivity index (χ2n) is 7.98. The number of primary amides is 1. The highest BCUT2D eigenvalue weighted by Gasteiger charge is 2.35. The second kappa shape index (κ2) is 10.8. The van der Waals surface area contributed by atoms with E-state index in [1.165, 1.54) is 7.11 Å². The van der Waals surface area contributed by atoms with Crippen LogP contribution in [-0.4, -0.2) is 65.2 Å². The molecule has 3 rings (SSSR count). The molecule has 8 N–H and O–H groups in total. The number of benzene rings is 2. The Hall–Kier alpha value is -4.16. The minimum atomic E-state index is -2.12. The molecule has 1 heterocycles. The topological polar surface area (TPSA) is 203 Å². The van der Waals surface area contributed by atoms with Crippen molar-refractivity contribution in [1.29, 1.82) is 0 Å². The van der Waals surface area contributed by atoms with E-state index >= 15 is 0 Å². The van der Waals surface area contributed by atoms with Crippen molar-refractivity contribution in [2.75, 3.05) is 7.11 Å². The first kappa shape index (κ1) is 25.5. The number of aliphatic hydroxyl groups is 1. The smallest absolute Gasteiger partial charge is 0.326 e. The predicted molar refractivity (Wildman–Crippen MR) is 122 cm³/mol. The molecule has 2 aromatic carbocycles. The highest BCUT2D eigenvalue weighted by molar-refractivity contribution is 5.96. The second-order valence-corrected chi connectivity index (χ2v) is 7.98. The number of aliphatic hydroxyl groups excluding tert-OH is 1. The van der Waals surface area contributed by atoms with Gasteiger partial charge in [0.1, 0.15) is 17.8 Å². The number of fused-ring (bicyclic) bond motifs is 4. The average molecular weight is 486 g/mol. The maximum absolute atomic E-state index is 12.8. The molecular formula is C23H26N4O8. The molecule has 0 aromatic heterocycles. The summed E-state index contributed by atoms with van der Waals surface area (Å²) in [5.74, 6) is -3.51. The van der Waals surface area contributed by atoms with Crippen molar-refractivity contribution in [3.8, 4) is 17.2 Å². The largest absolute Gasteiger partial charge is 0.493 e. The molecule has 0 saturated heterocycles. The quantitative estimate of drug-likeness (QED) is 0.307. The van der Waals surface area contributed by atoms with Crippen molar-refractivity contribution >= 4 is 23.7 Å². The van der Waals surface area contributed by atoms with E-state index in [1.54, 1.807) is 42.5 Å². The zero-order chi connectivity index (χ0) is 25.7. The lowest BCUT2D eigenvalue weighted by atomic mass is 10.0. The van der Waals surface area contributed by atoms with Crippen molar-refractivity contribution in [2.24, 2.45) is 11.5 Å². The summed E-state index contributed by atoms with van der Waals surface area (Å²) in [6.45, 7) is 0. The highest BCUT2D eigenvalue weighted by Crippen LogP contribution is 2.33. The van der Waals surface area contributed by atoms with E-state index in [4.69, 9.17) is 20.9 Å². The standard InChI is InChI=1S/C23H26N4O8/c1-34-16-6-5-12-8-14(24)21(30)27-18(19(28)20(25)29)22(31)26-15(23(32)33)9-11-3-2-4-13(7-11)35-17(16)10-12/h2-7,10,14-15,18-19,28H,8-9,24H2,1H3,(H2,25,29)(H,26,31)(H,27,30)(H,32,33)/t14-,15-,18-,19+/m0/s1. The summed E-state index contributed by atoms with van der Waals surface area (Å²) in [4.78, 5) is 48.9. The predicted octanol–water partition coefficient (Wildman–Crippen LogP) is -1.19. The van der Waals surface area contributed by atoms with Crippen molar-refractivity contribution in [2.45, 2.75) is 37.1 Å². The molecule has 0 spiro atoms. The van der Waals surface area contributed by atoms with Crippen molar-refractivity contribution in [3.05, 3.63) is 53.6 Å². The summed E-state index contributed by atoms with van der Waals surface area (Å²) in [6, 6.07) is 6.98. The van der Waals surface area contributed by atoms with E-state index in [1.807, 2.05) is 0 Å². The van der Waals surface area contributed by atoms with Gasteiger partial charge < -0.3 is 41.8 Å². The Balaban J connectivity index is 2.06. The number of amides is 3. The lowest BCUT2D eigenvalue weighted by molar-refractivity contribution is -0.144. The lowest BCUT2D eigenvalue weighted by Crippen LogP contribution is -2.61. The Bertz CT molecular complexity index is 1140. The number of carboxylic acid groups (broad SMARTS) is 1. The number of rotatable bonds is 4. The van der Waals surface area contributed by atoms with Gasteiger partial charge in [0, 0.05) is 6.42 Å². The van der Waals surface area contributed by atoms with Gasteiger partial charge in [-0.25, -0.2) is 4.79 Å². The van der Waals surface area contributed by atoms with Gasteiger partial charge in [-0.3, -0.25) is 14.4 Å². The number of carbonyl (C=O) groups is 4. The van der Waals surface area contributed by atoms with Crippen molar-refractivity contribution in [3.63, 3.8) is 0 Å². The zero-order valence-electron chi connectivity index (χ0n) is 18.8. The van der Waals surface area contributed by atoms with Crippen LogP contribution in [-0.2, 0) is 32.0 Å². The van der Waals surface area contributed by atoms with Gasteiger partial charge in [-0.1, -0.05) is 18.2 Å². The van der Waals surface area contributed by atoms with E-state index < -0.39 is 47.9 Å². The van der Waals surface area contributed by atoms with Crippen LogP contribution in [0.25, 0.3) is 0 Å². The van der Waals surface area contributed by atoms with Crippen LogP contribution in [0, 0.1) is 0 Å². The number of aliphatic carboxylic acids is 1. The van der Waals surface area contributed by atoms with Crippen LogP contribution >= 0.6 is 0 Å². The van der Waals surface area contributed by atoms with Gasteiger partial charge in [0.05, 0.1) is 13.2 Å². The number of nitrogens with two attached hydrogens (primary N) is 2. The number of ether oxygens (including phenoxy) is 2. The van der Waals surface area contributed by atoms with Crippen LogP contribution in [0.3, 0.4) is 0 Å². The Morgan fingerprint density at radius 3 is 2.46 bits per heavy atom. The number of hydrogen-bond donors (Lipinski definition) is 6. The molecule has 12 nitrogen and oxygen atoms in total. The first-order valence-electron chi connectivity index (χ1n) is 10.6. The van der Waals surface area contributed by atoms with Crippen LogP contribution in [0.1, 0.15) is 11.1 Å². The summed E-state index contributed by atoms with van der Waals surface area (Å²) in [5, 5.41) is 24.2. The molecule has 3 amide bonds. The fraction of sp³-hybridized carbons (Fsp3) is 0.304. The van der Waals surface area contributed by atoms with Crippen molar-refractivity contribution in [1.82, 2.24) is 10.6 Å². The van der Waals surface area contributed by atoms with Gasteiger partial charge in [0.2, 0.25) is 17.7 Å². The summed E-state index contributed by atoms with van der Waals surface area (Å²) in [5.41, 5.74) is 12.2. The average Bonchev–Trinajstić information content (AvgIpc) is 2.81. The van der Waals surface area contributed by atoms with Crippen LogP contribution < -0.4 is 31.6 Å². The molecule has 2 aromatic rings. The maximum atomic E-state index is 12.8. The zero-order valence-corrected chi connectivity index (χ0v) is 18.8. The molecule has 4 atom stereocenters. The number of hydrogen-bond acceptors (Lipinski definition) is 8. The monoisotopic (exact) mass is 486 g/mol. The van der Waals surface area contributed by atoms with E-state index in [0.29, 0.717) is 28.4 Å². The van der Waals surface area contributed by atoms with E-state index in [0.717, 1.165) is 0 Å². The Labute approximate surface area is 200 Å². The maximum Gasteiger partial charge on any atom is 0.326 e. The number of nitrogens with one attached hydrogen (secondary N) is 2. The van der Waals surface area contributed by atoms with E-state index in [9.17, 15) is 29.4 Å². The molecule has 4 bridgehead atoms. The van der Waals surface area contributed by atoms with Crippen LogP contribution in [0.4, 0.5) is 0 Å². The van der Waals surface area contributed by atoms with Crippen LogP contribution in [0.5, 0.6) is 17.2 Å². The summed E-state index contributed by atoms with van der Waals surface area (Å²) in [7, 11) is 1.47. The summed E-state index contributed by atoms with van der Waals surface area (Å²) in [6.07, 6.45) is -2.28. The van der Waals surface area contributed by atoms with Gasteiger partial charge >= 0.3 is 5.97 Å². The molecule has 0 radical (unpaired) electrons. The minimum Gasteiger partial charge on any atom is -0.493 e. The molecule has 1 aliphatic heterocycles. The summed E-state index contributed by atoms with van der Waals surface area (Å²) < 4.78 is 11.3. The Morgan fingerprint density at radius 1 is 1.09 bits per heavy atom.